The Bertz CT molecular complexity index is 542. The standard InChI is InChI=1S/C13H16N4O/c1-3-18-8-13-16-11(5-12(14)17-13)10-4-9(2)6-15-7-10/h4-7H,3,8H2,1-2H3,(H2,14,16,17). The molecule has 0 aliphatic rings. The van der Waals surface area contributed by atoms with Crippen molar-refractivity contribution in [1.82, 2.24) is 15.0 Å². The Morgan fingerprint density at radius 1 is 1.22 bits per heavy atom. The van der Waals surface area contributed by atoms with Gasteiger partial charge in [-0.25, -0.2) is 9.97 Å². The van der Waals surface area contributed by atoms with Crippen LogP contribution in [0.3, 0.4) is 0 Å². The molecule has 2 rings (SSSR count). The lowest BCUT2D eigenvalue weighted by Gasteiger charge is -2.06. The van der Waals surface area contributed by atoms with Gasteiger partial charge >= 0.3 is 0 Å². The number of hydrogen-bond donors (Lipinski definition) is 1. The number of anilines is 1. The van der Waals surface area contributed by atoms with E-state index in [1.807, 2.05) is 19.9 Å². The number of pyridine rings is 1. The molecule has 94 valence electrons. The van der Waals surface area contributed by atoms with Gasteiger partial charge in [-0.15, -0.1) is 0 Å². The van der Waals surface area contributed by atoms with Gasteiger partial charge in [0.1, 0.15) is 12.4 Å². The number of nitrogens with two attached hydrogens (primary N) is 1. The van der Waals surface area contributed by atoms with E-state index in [9.17, 15) is 0 Å². The Morgan fingerprint density at radius 2 is 2.06 bits per heavy atom. The van der Waals surface area contributed by atoms with Crippen molar-refractivity contribution in [2.75, 3.05) is 12.3 Å². The molecule has 0 fully saturated rings. The zero-order chi connectivity index (χ0) is 13.0. The molecule has 5 nitrogen and oxygen atoms in total. The molecular weight excluding hydrogens is 228 g/mol. The van der Waals surface area contributed by atoms with Crippen LogP contribution in [0.15, 0.2) is 24.5 Å². The highest BCUT2D eigenvalue weighted by Crippen LogP contribution is 2.19. The molecule has 0 radical (unpaired) electrons. The molecule has 2 N–H and O–H groups in total. The van der Waals surface area contributed by atoms with E-state index < -0.39 is 0 Å². The average Bonchev–Trinajstić information content (AvgIpc) is 2.36. The molecule has 0 spiro atoms. The summed E-state index contributed by atoms with van der Waals surface area (Å²) in [6.45, 7) is 4.91. The molecule has 5 heteroatoms. The number of nitrogens with zero attached hydrogens (tertiary/aromatic N) is 3. The van der Waals surface area contributed by atoms with Crippen LogP contribution in [0, 0.1) is 6.92 Å². The van der Waals surface area contributed by atoms with Gasteiger partial charge in [0.2, 0.25) is 0 Å². The van der Waals surface area contributed by atoms with Crippen LogP contribution in [0.2, 0.25) is 0 Å². The minimum atomic E-state index is 0.369. The summed E-state index contributed by atoms with van der Waals surface area (Å²) in [6, 6.07) is 3.76. The predicted octanol–water partition coefficient (Wildman–Crippen LogP) is 1.97. The molecule has 0 amide bonds. The molecular formula is C13H16N4O. The summed E-state index contributed by atoms with van der Waals surface area (Å²) >= 11 is 0. The average molecular weight is 244 g/mol. The number of hydrogen-bond acceptors (Lipinski definition) is 5. The maximum atomic E-state index is 5.78. The van der Waals surface area contributed by atoms with E-state index >= 15 is 0 Å². The number of ether oxygens (including phenoxy) is 1. The smallest absolute Gasteiger partial charge is 0.157 e. The van der Waals surface area contributed by atoms with Gasteiger partial charge in [-0.3, -0.25) is 4.98 Å². The minimum Gasteiger partial charge on any atom is -0.384 e. The minimum absolute atomic E-state index is 0.369. The summed E-state index contributed by atoms with van der Waals surface area (Å²) in [5.41, 5.74) is 8.56. The van der Waals surface area contributed by atoms with E-state index in [0.29, 0.717) is 24.9 Å². The molecule has 0 saturated carbocycles. The van der Waals surface area contributed by atoms with Crippen molar-refractivity contribution in [3.63, 3.8) is 0 Å². The highest BCUT2D eigenvalue weighted by molar-refractivity contribution is 5.61. The van der Waals surface area contributed by atoms with Gasteiger partial charge in [0.05, 0.1) is 5.69 Å². The summed E-state index contributed by atoms with van der Waals surface area (Å²) in [7, 11) is 0. The molecule has 0 aromatic carbocycles. The lowest BCUT2D eigenvalue weighted by atomic mass is 10.1. The van der Waals surface area contributed by atoms with E-state index in [1.165, 1.54) is 0 Å². The van der Waals surface area contributed by atoms with E-state index in [-0.39, 0.29) is 0 Å². The topological polar surface area (TPSA) is 73.9 Å². The highest BCUT2D eigenvalue weighted by Gasteiger charge is 2.05. The summed E-state index contributed by atoms with van der Waals surface area (Å²) < 4.78 is 5.29. The van der Waals surface area contributed by atoms with Crippen molar-refractivity contribution >= 4 is 5.82 Å². The molecule has 2 aromatic heterocycles. The Kier molecular flexibility index (Phi) is 3.84. The van der Waals surface area contributed by atoms with Crippen molar-refractivity contribution < 1.29 is 4.74 Å². The quantitative estimate of drug-likeness (QED) is 0.890. The van der Waals surface area contributed by atoms with Gasteiger partial charge in [-0.05, 0) is 25.5 Å². The second kappa shape index (κ2) is 5.55. The third-order valence-corrected chi connectivity index (χ3v) is 2.40. The second-order valence-corrected chi connectivity index (χ2v) is 3.98. The van der Waals surface area contributed by atoms with Crippen LogP contribution in [0.5, 0.6) is 0 Å². The van der Waals surface area contributed by atoms with Crippen molar-refractivity contribution in [2.45, 2.75) is 20.5 Å². The van der Waals surface area contributed by atoms with Crippen LogP contribution in [0.1, 0.15) is 18.3 Å². The van der Waals surface area contributed by atoms with Crippen LogP contribution >= 0.6 is 0 Å². The predicted molar refractivity (Wildman–Crippen MR) is 69.7 cm³/mol. The first kappa shape index (κ1) is 12.4. The zero-order valence-corrected chi connectivity index (χ0v) is 10.6. The molecule has 0 aliphatic heterocycles. The van der Waals surface area contributed by atoms with E-state index in [2.05, 4.69) is 15.0 Å². The van der Waals surface area contributed by atoms with Crippen LogP contribution in [0.4, 0.5) is 5.82 Å². The first-order valence-electron chi connectivity index (χ1n) is 5.82. The van der Waals surface area contributed by atoms with Gasteiger partial charge in [-0.1, -0.05) is 0 Å². The first-order valence-corrected chi connectivity index (χ1v) is 5.82. The van der Waals surface area contributed by atoms with Crippen molar-refractivity contribution in [3.8, 4) is 11.3 Å². The largest absolute Gasteiger partial charge is 0.384 e. The lowest BCUT2D eigenvalue weighted by Crippen LogP contribution is -2.03. The van der Waals surface area contributed by atoms with Gasteiger partial charge in [-0.2, -0.15) is 0 Å². The zero-order valence-electron chi connectivity index (χ0n) is 10.6. The highest BCUT2D eigenvalue weighted by atomic mass is 16.5. The van der Waals surface area contributed by atoms with Crippen LogP contribution in [0.25, 0.3) is 11.3 Å². The molecule has 0 saturated heterocycles. The molecule has 0 atom stereocenters. The van der Waals surface area contributed by atoms with Crippen molar-refractivity contribution in [2.24, 2.45) is 0 Å². The van der Waals surface area contributed by atoms with E-state index in [4.69, 9.17) is 10.5 Å². The third-order valence-electron chi connectivity index (χ3n) is 2.40. The van der Waals surface area contributed by atoms with Gasteiger partial charge in [0.25, 0.3) is 0 Å². The molecule has 0 aliphatic carbocycles. The normalized spacial score (nSPS) is 10.6. The number of rotatable bonds is 4. The van der Waals surface area contributed by atoms with Crippen molar-refractivity contribution in [1.29, 1.82) is 0 Å². The number of aromatic nitrogens is 3. The number of aryl methyl sites for hydroxylation is 1. The summed E-state index contributed by atoms with van der Waals surface area (Å²) in [5, 5.41) is 0. The van der Waals surface area contributed by atoms with Crippen LogP contribution in [-0.4, -0.2) is 21.6 Å². The summed E-state index contributed by atoms with van der Waals surface area (Å²) in [4.78, 5) is 12.7. The fraction of sp³-hybridized carbons (Fsp3) is 0.308. The third kappa shape index (κ3) is 3.01. The Labute approximate surface area is 106 Å². The van der Waals surface area contributed by atoms with Gasteiger partial charge < -0.3 is 10.5 Å². The SMILES string of the molecule is CCOCc1nc(N)cc(-c2cncc(C)c2)n1. The van der Waals surface area contributed by atoms with E-state index in [1.54, 1.807) is 18.5 Å². The fourth-order valence-electron chi connectivity index (χ4n) is 1.62. The summed E-state index contributed by atoms with van der Waals surface area (Å²) in [6.07, 6.45) is 3.56. The Hall–Kier alpha value is -2.01. The van der Waals surface area contributed by atoms with E-state index in [0.717, 1.165) is 16.8 Å². The van der Waals surface area contributed by atoms with Gasteiger partial charge in [0, 0.05) is 30.6 Å². The lowest BCUT2D eigenvalue weighted by molar-refractivity contribution is 0.128. The summed E-state index contributed by atoms with van der Waals surface area (Å²) in [5.74, 6) is 1.03. The van der Waals surface area contributed by atoms with Crippen LogP contribution in [-0.2, 0) is 11.3 Å². The number of nitrogen functional groups attached to an aromatic ring is 1. The Balaban J connectivity index is 2.35. The van der Waals surface area contributed by atoms with Gasteiger partial charge in [0.15, 0.2) is 5.82 Å². The molecule has 0 bridgehead atoms. The first-order chi connectivity index (χ1) is 8.69. The molecule has 2 heterocycles. The maximum Gasteiger partial charge on any atom is 0.157 e. The molecule has 18 heavy (non-hydrogen) atoms. The van der Waals surface area contributed by atoms with Crippen molar-refractivity contribution in [3.05, 3.63) is 35.9 Å². The second-order valence-electron chi connectivity index (χ2n) is 3.98. The van der Waals surface area contributed by atoms with Crippen LogP contribution < -0.4 is 5.73 Å². The monoisotopic (exact) mass is 244 g/mol. The Morgan fingerprint density at radius 3 is 2.78 bits per heavy atom. The fourth-order valence-corrected chi connectivity index (χ4v) is 1.62. The molecule has 2 aromatic rings. The maximum absolute atomic E-state index is 5.78. The molecule has 0 unspecified atom stereocenters.